The number of nitrogens with zero attached hydrogens (tertiary/aromatic N) is 1. The summed E-state index contributed by atoms with van der Waals surface area (Å²) in [6, 6.07) is 2.26. The Balaban J connectivity index is 2.76. The van der Waals surface area contributed by atoms with Gasteiger partial charge in [0.2, 0.25) is 0 Å². The first-order valence-electron chi connectivity index (χ1n) is 7.93. The zero-order valence-corrected chi connectivity index (χ0v) is 14.8. The molecular weight excluding hydrogens is 383 g/mol. The highest BCUT2D eigenvalue weighted by atomic mass is 19.2. The summed E-state index contributed by atoms with van der Waals surface area (Å²) >= 11 is 0. The predicted octanol–water partition coefficient (Wildman–Crippen LogP) is 2.06. The van der Waals surface area contributed by atoms with Crippen LogP contribution in [0.5, 0.6) is 5.75 Å². The van der Waals surface area contributed by atoms with Gasteiger partial charge >= 0.3 is 11.9 Å². The molecule has 1 aromatic heterocycles. The first-order chi connectivity index (χ1) is 13.1. The molecule has 0 aliphatic carbocycles. The Bertz CT molecular complexity index is 979. The van der Waals surface area contributed by atoms with Crippen LogP contribution in [-0.4, -0.2) is 33.8 Å². The first kappa shape index (κ1) is 21.0. The number of carboxylic acids is 1. The molecule has 0 radical (unpaired) electrons. The van der Waals surface area contributed by atoms with E-state index in [0.29, 0.717) is 12.1 Å². The topological polar surface area (TPSA) is 106 Å². The molecule has 1 heterocycles. The largest absolute Gasteiger partial charge is 0.507 e. The molecule has 1 aromatic carbocycles. The summed E-state index contributed by atoms with van der Waals surface area (Å²) in [6.07, 6.45) is -0.611. The third-order valence-electron chi connectivity index (χ3n) is 4.17. The molecule has 0 fully saturated rings. The third kappa shape index (κ3) is 4.16. The molecule has 2 aromatic rings. The number of carbonyl (C=O) groups is 2. The van der Waals surface area contributed by atoms with Crippen molar-refractivity contribution in [2.45, 2.75) is 25.8 Å². The Morgan fingerprint density at radius 2 is 1.75 bits per heavy atom. The molecule has 0 saturated heterocycles. The van der Waals surface area contributed by atoms with Crippen molar-refractivity contribution in [1.82, 2.24) is 4.57 Å². The number of carboxylic acid groups (broad SMARTS) is 1. The monoisotopic (exact) mass is 399 g/mol. The van der Waals surface area contributed by atoms with Crippen molar-refractivity contribution in [3.05, 3.63) is 62.8 Å². The fraction of sp³-hybridized carbons (Fsp3) is 0.278. The molecule has 0 amide bonds. The van der Waals surface area contributed by atoms with Gasteiger partial charge < -0.3 is 19.5 Å². The summed E-state index contributed by atoms with van der Waals surface area (Å²) in [7, 11) is 1.04. The second-order valence-electron chi connectivity index (χ2n) is 6.00. The highest BCUT2D eigenvalue weighted by molar-refractivity contribution is 5.71. The number of hydrogen-bond acceptors (Lipinski definition) is 5. The number of rotatable bonds is 6. The molecule has 0 aliphatic heterocycles. The van der Waals surface area contributed by atoms with Gasteiger partial charge in [-0.2, -0.15) is 0 Å². The quantitative estimate of drug-likeness (QED) is 0.569. The van der Waals surface area contributed by atoms with Gasteiger partial charge in [0.1, 0.15) is 12.3 Å². The van der Waals surface area contributed by atoms with Gasteiger partial charge in [-0.15, -0.1) is 0 Å². The average Bonchev–Trinajstić information content (AvgIpc) is 2.61. The SMILES string of the molecule is COC(=O)CC(c1cc(F)c(F)c(F)c1)c1c(O)cc(C)n(CC(=O)O)c1=O. The number of halogens is 3. The van der Waals surface area contributed by atoms with E-state index in [1.165, 1.54) is 6.92 Å². The van der Waals surface area contributed by atoms with E-state index < -0.39 is 65.1 Å². The number of pyridine rings is 1. The number of aliphatic carboxylic acids is 1. The van der Waals surface area contributed by atoms with Crippen LogP contribution in [0.4, 0.5) is 13.2 Å². The van der Waals surface area contributed by atoms with E-state index in [1.807, 2.05) is 0 Å². The number of aromatic hydroxyl groups is 1. The molecule has 28 heavy (non-hydrogen) atoms. The van der Waals surface area contributed by atoms with Crippen LogP contribution in [0.2, 0.25) is 0 Å². The van der Waals surface area contributed by atoms with E-state index in [4.69, 9.17) is 5.11 Å². The van der Waals surface area contributed by atoms with Crippen molar-refractivity contribution >= 4 is 11.9 Å². The summed E-state index contributed by atoms with van der Waals surface area (Å²) in [6.45, 7) is 0.634. The summed E-state index contributed by atoms with van der Waals surface area (Å²) in [5, 5.41) is 19.2. The van der Waals surface area contributed by atoms with Crippen LogP contribution in [0.1, 0.15) is 29.2 Å². The molecule has 0 spiro atoms. The van der Waals surface area contributed by atoms with E-state index in [-0.39, 0.29) is 11.3 Å². The number of benzene rings is 1. The summed E-state index contributed by atoms with van der Waals surface area (Å²) in [5.74, 6) is -9.08. The zero-order chi connectivity index (χ0) is 21.2. The molecule has 1 unspecified atom stereocenters. The second-order valence-corrected chi connectivity index (χ2v) is 6.00. The zero-order valence-electron chi connectivity index (χ0n) is 14.8. The highest BCUT2D eigenvalue weighted by Crippen LogP contribution is 2.33. The average molecular weight is 399 g/mol. The maximum atomic E-state index is 13.7. The Morgan fingerprint density at radius 1 is 1.18 bits per heavy atom. The second kappa shape index (κ2) is 8.15. The Morgan fingerprint density at radius 3 is 2.25 bits per heavy atom. The Labute approximate surface area is 156 Å². The number of aryl methyl sites for hydroxylation is 1. The van der Waals surface area contributed by atoms with Crippen LogP contribution in [0.15, 0.2) is 23.0 Å². The lowest BCUT2D eigenvalue weighted by Gasteiger charge is -2.20. The van der Waals surface area contributed by atoms with E-state index in [2.05, 4.69) is 4.74 Å². The lowest BCUT2D eigenvalue weighted by Crippen LogP contribution is -2.31. The van der Waals surface area contributed by atoms with E-state index >= 15 is 0 Å². The molecule has 0 bridgehead atoms. The van der Waals surface area contributed by atoms with Gasteiger partial charge in [0.25, 0.3) is 5.56 Å². The van der Waals surface area contributed by atoms with E-state index in [1.54, 1.807) is 0 Å². The van der Waals surface area contributed by atoms with Gasteiger partial charge in [0, 0.05) is 11.6 Å². The van der Waals surface area contributed by atoms with Gasteiger partial charge in [0.15, 0.2) is 17.5 Å². The number of aromatic nitrogens is 1. The van der Waals surface area contributed by atoms with Gasteiger partial charge in [-0.1, -0.05) is 0 Å². The molecule has 0 aliphatic rings. The fourth-order valence-corrected chi connectivity index (χ4v) is 2.84. The van der Waals surface area contributed by atoms with Crippen molar-refractivity contribution in [3.8, 4) is 5.75 Å². The van der Waals surface area contributed by atoms with Crippen molar-refractivity contribution in [1.29, 1.82) is 0 Å². The minimum Gasteiger partial charge on any atom is -0.507 e. The minimum atomic E-state index is -1.74. The van der Waals surface area contributed by atoms with Crippen LogP contribution in [0, 0.1) is 24.4 Å². The molecule has 150 valence electrons. The normalized spacial score (nSPS) is 11.9. The molecule has 1 atom stereocenters. The molecule has 7 nitrogen and oxygen atoms in total. The Hall–Kier alpha value is -3.30. The van der Waals surface area contributed by atoms with Gasteiger partial charge in [-0.25, -0.2) is 13.2 Å². The molecular formula is C18H16F3NO6. The molecule has 2 rings (SSSR count). The molecule has 2 N–H and O–H groups in total. The number of methoxy groups -OCH3 is 1. The van der Waals surface area contributed by atoms with Crippen LogP contribution in [0.25, 0.3) is 0 Å². The summed E-state index contributed by atoms with van der Waals surface area (Å²) in [5.41, 5.74) is -1.64. The number of esters is 1. The van der Waals surface area contributed by atoms with E-state index in [9.17, 15) is 32.7 Å². The third-order valence-corrected chi connectivity index (χ3v) is 4.17. The Kier molecular flexibility index (Phi) is 6.12. The van der Waals surface area contributed by atoms with Gasteiger partial charge in [-0.05, 0) is 30.7 Å². The lowest BCUT2D eigenvalue weighted by atomic mass is 9.88. The van der Waals surface area contributed by atoms with Gasteiger partial charge in [0.05, 0.1) is 19.1 Å². The standard InChI is InChI=1S/C18H16F3NO6/c1-8-3-13(23)16(18(27)22(8)7-14(24)25)10(6-15(26)28-2)9-4-11(19)17(21)12(20)5-9/h3-5,10,23H,6-7H2,1-2H3,(H,24,25). The number of carbonyl (C=O) groups excluding carboxylic acids is 1. The van der Waals surface area contributed by atoms with Crippen LogP contribution in [-0.2, 0) is 20.9 Å². The van der Waals surface area contributed by atoms with Crippen LogP contribution in [0.3, 0.4) is 0 Å². The van der Waals surface area contributed by atoms with Crippen LogP contribution >= 0.6 is 0 Å². The highest BCUT2D eigenvalue weighted by Gasteiger charge is 2.28. The summed E-state index contributed by atoms with van der Waals surface area (Å²) in [4.78, 5) is 35.6. The molecule has 10 heteroatoms. The predicted molar refractivity (Wildman–Crippen MR) is 89.5 cm³/mol. The maximum Gasteiger partial charge on any atom is 0.323 e. The van der Waals surface area contributed by atoms with Crippen molar-refractivity contribution < 1.29 is 37.7 Å². The summed E-state index contributed by atoms with van der Waals surface area (Å²) < 4.78 is 46.0. The molecule has 0 saturated carbocycles. The smallest absolute Gasteiger partial charge is 0.323 e. The lowest BCUT2D eigenvalue weighted by molar-refractivity contribution is -0.141. The first-order valence-corrected chi connectivity index (χ1v) is 7.93. The minimum absolute atomic E-state index is 0.113. The van der Waals surface area contributed by atoms with Gasteiger partial charge in [-0.3, -0.25) is 14.4 Å². The van der Waals surface area contributed by atoms with Crippen LogP contribution < -0.4 is 5.56 Å². The fourth-order valence-electron chi connectivity index (χ4n) is 2.84. The number of ether oxygens (including phenoxy) is 1. The number of hydrogen-bond donors (Lipinski definition) is 2. The van der Waals surface area contributed by atoms with Crippen molar-refractivity contribution in [3.63, 3.8) is 0 Å². The van der Waals surface area contributed by atoms with Crippen molar-refractivity contribution in [2.75, 3.05) is 7.11 Å². The van der Waals surface area contributed by atoms with E-state index in [0.717, 1.165) is 17.7 Å². The van der Waals surface area contributed by atoms with Crippen molar-refractivity contribution in [2.24, 2.45) is 0 Å². The maximum absolute atomic E-state index is 13.7.